The van der Waals surface area contributed by atoms with E-state index in [4.69, 9.17) is 4.74 Å². The SMILES string of the molecule is Cc1cccc(CNC2CCN(C(=O)OC(C)(C)C)C2)c1O. The molecule has 2 N–H and O–H groups in total. The third kappa shape index (κ3) is 4.37. The minimum Gasteiger partial charge on any atom is -0.507 e. The van der Waals surface area contributed by atoms with Gasteiger partial charge in [0.2, 0.25) is 0 Å². The molecule has 122 valence electrons. The van der Waals surface area contributed by atoms with E-state index in [0.29, 0.717) is 25.4 Å². The number of likely N-dealkylation sites (tertiary alicyclic amines) is 1. The lowest BCUT2D eigenvalue weighted by Gasteiger charge is -2.24. The summed E-state index contributed by atoms with van der Waals surface area (Å²) in [7, 11) is 0. The molecule has 5 heteroatoms. The van der Waals surface area contributed by atoms with Gasteiger partial charge in [-0.3, -0.25) is 0 Å². The van der Waals surface area contributed by atoms with Crippen LogP contribution in [0.4, 0.5) is 4.79 Å². The topological polar surface area (TPSA) is 61.8 Å². The van der Waals surface area contributed by atoms with Crippen LogP contribution in [0.5, 0.6) is 5.75 Å². The maximum atomic E-state index is 12.0. The smallest absolute Gasteiger partial charge is 0.410 e. The summed E-state index contributed by atoms with van der Waals surface area (Å²) in [6, 6.07) is 5.97. The summed E-state index contributed by atoms with van der Waals surface area (Å²) in [6.07, 6.45) is 0.640. The number of phenols is 1. The van der Waals surface area contributed by atoms with Crippen LogP contribution in [0.25, 0.3) is 0 Å². The van der Waals surface area contributed by atoms with Crippen molar-refractivity contribution in [3.05, 3.63) is 29.3 Å². The molecule has 0 spiro atoms. The number of carbonyl (C=O) groups is 1. The van der Waals surface area contributed by atoms with Crippen LogP contribution >= 0.6 is 0 Å². The fourth-order valence-electron chi connectivity index (χ4n) is 2.54. The highest BCUT2D eigenvalue weighted by atomic mass is 16.6. The molecule has 1 saturated heterocycles. The van der Waals surface area contributed by atoms with E-state index in [2.05, 4.69) is 5.32 Å². The molecule has 5 nitrogen and oxygen atoms in total. The highest BCUT2D eigenvalue weighted by molar-refractivity contribution is 5.68. The van der Waals surface area contributed by atoms with Gasteiger partial charge in [-0.1, -0.05) is 18.2 Å². The summed E-state index contributed by atoms with van der Waals surface area (Å²) in [6.45, 7) is 9.44. The summed E-state index contributed by atoms with van der Waals surface area (Å²) >= 11 is 0. The molecule has 0 bridgehead atoms. The van der Waals surface area contributed by atoms with E-state index in [1.165, 1.54) is 0 Å². The fraction of sp³-hybridized carbons (Fsp3) is 0.588. The van der Waals surface area contributed by atoms with Gasteiger partial charge in [0.05, 0.1) is 0 Å². The number of phenolic OH excluding ortho intramolecular Hbond substituents is 1. The van der Waals surface area contributed by atoms with E-state index in [1.807, 2.05) is 45.9 Å². The standard InChI is InChI=1S/C17H26N2O3/c1-12-6-5-7-13(15(12)20)10-18-14-8-9-19(11-14)16(21)22-17(2,3)4/h5-7,14,18,20H,8-11H2,1-4H3. The first-order valence-electron chi connectivity index (χ1n) is 7.75. The number of para-hydroxylation sites is 1. The van der Waals surface area contributed by atoms with Gasteiger partial charge in [-0.05, 0) is 39.7 Å². The van der Waals surface area contributed by atoms with Crippen LogP contribution in [0.1, 0.15) is 38.3 Å². The Morgan fingerprint density at radius 3 is 2.86 bits per heavy atom. The molecule has 0 radical (unpaired) electrons. The lowest BCUT2D eigenvalue weighted by atomic mass is 10.1. The summed E-state index contributed by atoms with van der Waals surface area (Å²) < 4.78 is 5.39. The Balaban J connectivity index is 1.84. The van der Waals surface area contributed by atoms with Crippen molar-refractivity contribution in [2.75, 3.05) is 13.1 Å². The third-order valence-corrected chi connectivity index (χ3v) is 3.74. The Labute approximate surface area is 132 Å². The zero-order valence-electron chi connectivity index (χ0n) is 13.8. The molecular formula is C17H26N2O3. The molecule has 2 rings (SSSR count). The number of ether oxygens (including phenoxy) is 1. The fourth-order valence-corrected chi connectivity index (χ4v) is 2.54. The Kier molecular flexibility index (Phi) is 4.96. The summed E-state index contributed by atoms with van der Waals surface area (Å²) in [4.78, 5) is 13.8. The molecule has 1 heterocycles. The second-order valence-electron chi connectivity index (χ2n) is 6.88. The molecule has 1 aromatic rings. The number of hydrogen-bond acceptors (Lipinski definition) is 4. The number of benzene rings is 1. The van der Waals surface area contributed by atoms with Gasteiger partial charge >= 0.3 is 6.09 Å². The number of aromatic hydroxyl groups is 1. The maximum absolute atomic E-state index is 12.0. The number of aryl methyl sites for hydroxylation is 1. The van der Waals surface area contributed by atoms with Crippen LogP contribution in [-0.4, -0.2) is 40.8 Å². The van der Waals surface area contributed by atoms with Crippen molar-refractivity contribution in [3.63, 3.8) is 0 Å². The summed E-state index contributed by atoms with van der Waals surface area (Å²) in [5, 5.41) is 13.4. The second-order valence-corrected chi connectivity index (χ2v) is 6.88. The molecular weight excluding hydrogens is 280 g/mol. The Hall–Kier alpha value is -1.75. The zero-order chi connectivity index (χ0) is 16.3. The highest BCUT2D eigenvalue weighted by Crippen LogP contribution is 2.22. The van der Waals surface area contributed by atoms with Gasteiger partial charge in [0.25, 0.3) is 0 Å². The van der Waals surface area contributed by atoms with Crippen molar-refractivity contribution in [1.82, 2.24) is 10.2 Å². The minimum absolute atomic E-state index is 0.229. The van der Waals surface area contributed by atoms with E-state index in [-0.39, 0.29) is 12.1 Å². The Morgan fingerprint density at radius 1 is 1.45 bits per heavy atom. The van der Waals surface area contributed by atoms with Crippen LogP contribution in [-0.2, 0) is 11.3 Å². The molecule has 22 heavy (non-hydrogen) atoms. The molecule has 0 aromatic heterocycles. The highest BCUT2D eigenvalue weighted by Gasteiger charge is 2.29. The van der Waals surface area contributed by atoms with Gasteiger partial charge in [-0.15, -0.1) is 0 Å². The van der Waals surface area contributed by atoms with Gasteiger partial charge in [-0.25, -0.2) is 4.79 Å². The van der Waals surface area contributed by atoms with Gasteiger partial charge in [0, 0.05) is 31.2 Å². The zero-order valence-corrected chi connectivity index (χ0v) is 13.8. The van der Waals surface area contributed by atoms with E-state index in [1.54, 1.807) is 4.90 Å². The van der Waals surface area contributed by atoms with Crippen molar-refractivity contribution in [3.8, 4) is 5.75 Å². The molecule has 1 aromatic carbocycles. The predicted octanol–water partition coefficient (Wildman–Crippen LogP) is 2.80. The molecule has 1 amide bonds. The lowest BCUT2D eigenvalue weighted by molar-refractivity contribution is 0.0291. The van der Waals surface area contributed by atoms with Gasteiger partial charge in [0.15, 0.2) is 0 Å². The van der Waals surface area contributed by atoms with Crippen LogP contribution in [0.3, 0.4) is 0 Å². The average Bonchev–Trinajstić information content (AvgIpc) is 2.87. The van der Waals surface area contributed by atoms with Crippen LogP contribution in [0.2, 0.25) is 0 Å². The molecule has 0 saturated carbocycles. The van der Waals surface area contributed by atoms with Gasteiger partial charge in [0.1, 0.15) is 11.4 Å². The van der Waals surface area contributed by atoms with Crippen LogP contribution < -0.4 is 5.32 Å². The summed E-state index contributed by atoms with van der Waals surface area (Å²) in [5.41, 5.74) is 1.30. The Bertz CT molecular complexity index is 537. The van der Waals surface area contributed by atoms with Gasteiger partial charge < -0.3 is 20.1 Å². The molecule has 0 aliphatic carbocycles. The number of rotatable bonds is 3. The first-order valence-corrected chi connectivity index (χ1v) is 7.75. The predicted molar refractivity (Wildman–Crippen MR) is 85.9 cm³/mol. The van der Waals surface area contributed by atoms with E-state index >= 15 is 0 Å². The first-order chi connectivity index (χ1) is 10.3. The van der Waals surface area contributed by atoms with E-state index in [0.717, 1.165) is 17.5 Å². The third-order valence-electron chi connectivity index (χ3n) is 3.74. The van der Waals surface area contributed by atoms with Crippen LogP contribution in [0, 0.1) is 6.92 Å². The lowest BCUT2D eigenvalue weighted by Crippen LogP contribution is -2.38. The number of hydrogen-bond donors (Lipinski definition) is 2. The maximum Gasteiger partial charge on any atom is 0.410 e. The first kappa shape index (κ1) is 16.6. The second kappa shape index (κ2) is 6.57. The van der Waals surface area contributed by atoms with Crippen molar-refractivity contribution in [2.24, 2.45) is 0 Å². The molecule has 1 aliphatic rings. The molecule has 1 aliphatic heterocycles. The van der Waals surface area contributed by atoms with Gasteiger partial charge in [-0.2, -0.15) is 0 Å². The monoisotopic (exact) mass is 306 g/mol. The number of amides is 1. The largest absolute Gasteiger partial charge is 0.507 e. The molecule has 1 unspecified atom stereocenters. The van der Waals surface area contributed by atoms with Crippen LogP contribution in [0.15, 0.2) is 18.2 Å². The Morgan fingerprint density at radius 2 is 2.18 bits per heavy atom. The quantitative estimate of drug-likeness (QED) is 0.901. The van der Waals surface area contributed by atoms with Crippen molar-refractivity contribution < 1.29 is 14.6 Å². The summed E-state index contributed by atoms with van der Waals surface area (Å²) in [5.74, 6) is 0.344. The van der Waals surface area contributed by atoms with Crippen molar-refractivity contribution in [2.45, 2.75) is 52.3 Å². The minimum atomic E-state index is -0.462. The van der Waals surface area contributed by atoms with Crippen molar-refractivity contribution in [1.29, 1.82) is 0 Å². The van der Waals surface area contributed by atoms with Crippen molar-refractivity contribution >= 4 is 6.09 Å². The van der Waals surface area contributed by atoms with E-state index < -0.39 is 5.60 Å². The number of carbonyl (C=O) groups excluding carboxylic acids is 1. The number of nitrogens with zero attached hydrogens (tertiary/aromatic N) is 1. The number of nitrogens with one attached hydrogen (secondary N) is 1. The molecule has 1 fully saturated rings. The van der Waals surface area contributed by atoms with E-state index in [9.17, 15) is 9.90 Å². The average molecular weight is 306 g/mol. The normalized spacial score (nSPS) is 18.5. The molecule has 1 atom stereocenters.